The number of benzene rings is 1. The molecule has 0 saturated carbocycles. The molecular formula is C17H28N2. The van der Waals surface area contributed by atoms with Gasteiger partial charge in [-0.3, -0.25) is 4.98 Å². The van der Waals surface area contributed by atoms with Gasteiger partial charge in [-0.05, 0) is 37.0 Å². The molecule has 2 rings (SSSR count). The van der Waals surface area contributed by atoms with E-state index < -0.39 is 0 Å². The van der Waals surface area contributed by atoms with Crippen molar-refractivity contribution in [2.24, 2.45) is 0 Å². The van der Waals surface area contributed by atoms with Crippen molar-refractivity contribution in [2.45, 2.75) is 61.3 Å². The lowest BCUT2D eigenvalue weighted by Crippen LogP contribution is -1.96. The minimum absolute atomic E-state index is 0.539. The Morgan fingerprint density at radius 3 is 2.05 bits per heavy atom. The van der Waals surface area contributed by atoms with Crippen molar-refractivity contribution in [1.29, 1.82) is 0 Å². The summed E-state index contributed by atoms with van der Waals surface area (Å²) in [6.45, 7) is 16.5. The SMILES string of the molecule is CC.CC.Cc1cnc2c(C)c(C(C)C)ccc2n1. The zero-order valence-corrected chi connectivity index (χ0v) is 13.7. The normalized spacial score (nSPS) is 9.53. The van der Waals surface area contributed by atoms with E-state index in [9.17, 15) is 0 Å². The maximum absolute atomic E-state index is 4.47. The highest BCUT2D eigenvalue weighted by atomic mass is 14.8. The Labute approximate surface area is 118 Å². The van der Waals surface area contributed by atoms with E-state index in [1.807, 2.05) is 40.8 Å². The summed E-state index contributed by atoms with van der Waals surface area (Å²) < 4.78 is 0. The lowest BCUT2D eigenvalue weighted by Gasteiger charge is -2.11. The molecule has 0 saturated heterocycles. The van der Waals surface area contributed by atoms with Gasteiger partial charge in [0.2, 0.25) is 0 Å². The van der Waals surface area contributed by atoms with Crippen molar-refractivity contribution < 1.29 is 0 Å². The van der Waals surface area contributed by atoms with Crippen LogP contribution in [0.3, 0.4) is 0 Å². The number of aromatic nitrogens is 2. The van der Waals surface area contributed by atoms with Gasteiger partial charge >= 0.3 is 0 Å². The summed E-state index contributed by atoms with van der Waals surface area (Å²) in [6.07, 6.45) is 1.83. The largest absolute Gasteiger partial charge is 0.252 e. The van der Waals surface area contributed by atoms with Crippen molar-refractivity contribution in [2.75, 3.05) is 0 Å². The molecule has 0 radical (unpaired) electrons. The average Bonchev–Trinajstić information content (AvgIpc) is 2.43. The van der Waals surface area contributed by atoms with Crippen molar-refractivity contribution in [3.8, 4) is 0 Å². The molecule has 0 aliphatic rings. The first-order valence-corrected chi connectivity index (χ1v) is 7.32. The summed E-state index contributed by atoms with van der Waals surface area (Å²) in [6, 6.07) is 4.23. The van der Waals surface area contributed by atoms with Crippen LogP contribution in [0.25, 0.3) is 11.0 Å². The van der Waals surface area contributed by atoms with Crippen LogP contribution in [0, 0.1) is 13.8 Å². The second-order valence-corrected chi connectivity index (χ2v) is 4.31. The minimum Gasteiger partial charge on any atom is -0.252 e. The summed E-state index contributed by atoms with van der Waals surface area (Å²) in [5, 5.41) is 0. The van der Waals surface area contributed by atoms with Gasteiger partial charge in [-0.1, -0.05) is 47.6 Å². The summed E-state index contributed by atoms with van der Waals surface area (Å²) in [5.74, 6) is 0.539. The quantitative estimate of drug-likeness (QED) is 0.684. The van der Waals surface area contributed by atoms with Crippen LogP contribution in [-0.4, -0.2) is 9.97 Å². The van der Waals surface area contributed by atoms with Gasteiger partial charge < -0.3 is 0 Å². The monoisotopic (exact) mass is 260 g/mol. The Morgan fingerprint density at radius 1 is 0.947 bits per heavy atom. The Bertz CT molecular complexity index is 502. The number of fused-ring (bicyclic) bond motifs is 1. The molecule has 0 amide bonds. The highest BCUT2D eigenvalue weighted by Gasteiger charge is 2.08. The molecule has 0 aliphatic heterocycles. The van der Waals surface area contributed by atoms with Crippen LogP contribution in [0.1, 0.15) is 64.3 Å². The van der Waals surface area contributed by atoms with Crippen LogP contribution in [0.2, 0.25) is 0 Å². The average molecular weight is 260 g/mol. The van der Waals surface area contributed by atoms with Gasteiger partial charge in [0.25, 0.3) is 0 Å². The maximum atomic E-state index is 4.47. The minimum atomic E-state index is 0.539. The van der Waals surface area contributed by atoms with Crippen LogP contribution in [-0.2, 0) is 0 Å². The second-order valence-electron chi connectivity index (χ2n) is 4.31. The van der Waals surface area contributed by atoms with E-state index in [4.69, 9.17) is 0 Å². The number of aryl methyl sites for hydroxylation is 2. The third kappa shape index (κ3) is 4.30. The molecule has 1 aromatic carbocycles. The predicted molar refractivity (Wildman–Crippen MR) is 85.8 cm³/mol. The van der Waals surface area contributed by atoms with Crippen molar-refractivity contribution in [1.82, 2.24) is 9.97 Å². The molecule has 2 aromatic rings. The fraction of sp³-hybridized carbons (Fsp3) is 0.529. The van der Waals surface area contributed by atoms with E-state index in [0.717, 1.165) is 16.7 Å². The molecule has 106 valence electrons. The predicted octanol–water partition coefficient (Wildman–Crippen LogP) is 5.42. The van der Waals surface area contributed by atoms with E-state index in [2.05, 4.69) is 42.9 Å². The molecule has 0 bridgehead atoms. The standard InChI is InChI=1S/C13H16N2.2C2H6/c1-8(2)11-5-6-12-13(10(11)4)14-7-9(3)15-12;2*1-2/h5-8H,1-4H3;2*1-2H3. The molecule has 19 heavy (non-hydrogen) atoms. The number of rotatable bonds is 1. The molecule has 1 aromatic heterocycles. The highest BCUT2D eigenvalue weighted by Crippen LogP contribution is 2.24. The van der Waals surface area contributed by atoms with Gasteiger partial charge in [0.15, 0.2) is 0 Å². The molecule has 0 atom stereocenters. The van der Waals surface area contributed by atoms with Gasteiger partial charge in [0, 0.05) is 6.20 Å². The lowest BCUT2D eigenvalue weighted by atomic mass is 9.97. The summed E-state index contributed by atoms with van der Waals surface area (Å²) in [7, 11) is 0. The highest BCUT2D eigenvalue weighted by molar-refractivity contribution is 5.79. The van der Waals surface area contributed by atoms with Gasteiger partial charge in [-0.15, -0.1) is 0 Å². The van der Waals surface area contributed by atoms with E-state index >= 15 is 0 Å². The fourth-order valence-corrected chi connectivity index (χ4v) is 1.96. The zero-order valence-electron chi connectivity index (χ0n) is 13.7. The molecule has 0 unspecified atom stereocenters. The molecule has 2 heteroatoms. The molecular weight excluding hydrogens is 232 g/mol. The van der Waals surface area contributed by atoms with Gasteiger partial charge in [-0.25, -0.2) is 4.98 Å². The number of nitrogens with zero attached hydrogens (tertiary/aromatic N) is 2. The third-order valence-corrected chi connectivity index (χ3v) is 2.75. The first kappa shape index (κ1) is 17.6. The molecule has 2 nitrogen and oxygen atoms in total. The van der Waals surface area contributed by atoms with Gasteiger partial charge in [-0.2, -0.15) is 0 Å². The zero-order chi connectivity index (χ0) is 15.0. The number of hydrogen-bond acceptors (Lipinski definition) is 2. The van der Waals surface area contributed by atoms with Gasteiger partial charge in [0.1, 0.15) is 0 Å². The number of hydrogen-bond donors (Lipinski definition) is 0. The van der Waals surface area contributed by atoms with Crippen LogP contribution in [0.4, 0.5) is 0 Å². The molecule has 0 spiro atoms. The topological polar surface area (TPSA) is 25.8 Å². The van der Waals surface area contributed by atoms with Crippen LogP contribution in [0.15, 0.2) is 18.3 Å². The van der Waals surface area contributed by atoms with Gasteiger partial charge in [0.05, 0.1) is 16.7 Å². The van der Waals surface area contributed by atoms with Crippen molar-refractivity contribution in [3.63, 3.8) is 0 Å². The maximum Gasteiger partial charge on any atom is 0.0918 e. The van der Waals surface area contributed by atoms with Crippen molar-refractivity contribution >= 4 is 11.0 Å². The second kappa shape index (κ2) is 8.63. The lowest BCUT2D eigenvalue weighted by molar-refractivity contribution is 0.858. The van der Waals surface area contributed by atoms with Crippen LogP contribution in [0.5, 0.6) is 0 Å². The van der Waals surface area contributed by atoms with E-state index in [0.29, 0.717) is 5.92 Å². The Hall–Kier alpha value is -1.44. The summed E-state index contributed by atoms with van der Waals surface area (Å²) in [5.41, 5.74) is 5.62. The molecule has 0 N–H and O–H groups in total. The molecule has 1 heterocycles. The fourth-order valence-electron chi connectivity index (χ4n) is 1.96. The smallest absolute Gasteiger partial charge is 0.0918 e. The summed E-state index contributed by atoms with van der Waals surface area (Å²) >= 11 is 0. The van der Waals surface area contributed by atoms with E-state index in [1.165, 1.54) is 11.1 Å². The molecule has 0 fully saturated rings. The summed E-state index contributed by atoms with van der Waals surface area (Å²) in [4.78, 5) is 8.94. The van der Waals surface area contributed by atoms with Crippen molar-refractivity contribution in [3.05, 3.63) is 35.2 Å². The Morgan fingerprint density at radius 2 is 1.53 bits per heavy atom. The van der Waals surface area contributed by atoms with E-state index in [1.54, 1.807) is 0 Å². The first-order valence-electron chi connectivity index (χ1n) is 7.32. The molecule has 0 aliphatic carbocycles. The third-order valence-electron chi connectivity index (χ3n) is 2.75. The first-order chi connectivity index (χ1) is 9.09. The van der Waals surface area contributed by atoms with Crippen LogP contribution >= 0.6 is 0 Å². The Kier molecular flexibility index (Phi) is 7.97. The van der Waals surface area contributed by atoms with E-state index in [-0.39, 0.29) is 0 Å². The van der Waals surface area contributed by atoms with Crippen LogP contribution < -0.4 is 0 Å². The Balaban J connectivity index is 0.000000741.